The molecule has 1 aromatic carbocycles. The topological polar surface area (TPSA) is 77.4 Å². The van der Waals surface area contributed by atoms with E-state index in [1.54, 1.807) is 13.8 Å². The Hall–Kier alpha value is -2.35. The molecule has 0 aliphatic carbocycles. The van der Waals surface area contributed by atoms with E-state index in [1.165, 1.54) is 36.0 Å². The number of hydrogen-bond donors (Lipinski definition) is 1. The van der Waals surface area contributed by atoms with Crippen molar-refractivity contribution >= 4 is 15.7 Å². The van der Waals surface area contributed by atoms with Crippen molar-refractivity contribution in [2.24, 2.45) is 7.05 Å². The fourth-order valence-corrected chi connectivity index (χ4v) is 3.12. The molecular formula is C15H17FN2O4S. The molecular weight excluding hydrogens is 323 g/mol. The predicted molar refractivity (Wildman–Crippen MR) is 84.7 cm³/mol. The predicted octanol–water partition coefficient (Wildman–Crippen LogP) is 2.11. The largest absolute Gasteiger partial charge is 0.490 e. The number of anilines is 1. The first-order valence-electron chi connectivity index (χ1n) is 6.85. The summed E-state index contributed by atoms with van der Waals surface area (Å²) in [7, 11) is -2.68. The lowest BCUT2D eigenvalue weighted by Gasteiger charge is -2.15. The van der Waals surface area contributed by atoms with Crippen LogP contribution in [0.4, 0.5) is 10.1 Å². The van der Waals surface area contributed by atoms with Gasteiger partial charge in [0.15, 0.2) is 0 Å². The van der Waals surface area contributed by atoms with Crippen LogP contribution in [0.15, 0.2) is 46.2 Å². The van der Waals surface area contributed by atoms with Gasteiger partial charge in [-0.1, -0.05) is 0 Å². The molecule has 0 saturated heterocycles. The minimum absolute atomic E-state index is 0.0154. The molecule has 0 aliphatic rings. The Balaban J connectivity index is 2.49. The minimum atomic E-state index is -4.18. The highest BCUT2D eigenvalue weighted by Crippen LogP contribution is 2.27. The van der Waals surface area contributed by atoms with E-state index in [1.807, 2.05) is 0 Å². The zero-order chi connectivity index (χ0) is 17.2. The first-order chi connectivity index (χ1) is 10.7. The SMILES string of the molecule is CC(C)Oc1ccc(F)cc1S(=O)(=O)Nc1cccn(C)c1=O. The molecule has 0 spiro atoms. The fraction of sp³-hybridized carbons (Fsp3) is 0.267. The van der Waals surface area contributed by atoms with Crippen molar-refractivity contribution in [1.29, 1.82) is 0 Å². The zero-order valence-electron chi connectivity index (χ0n) is 12.9. The summed E-state index contributed by atoms with van der Waals surface area (Å²) < 4.78 is 47.3. The van der Waals surface area contributed by atoms with E-state index in [2.05, 4.69) is 4.72 Å². The molecule has 8 heteroatoms. The third kappa shape index (κ3) is 3.89. The first-order valence-corrected chi connectivity index (χ1v) is 8.33. The molecule has 0 aliphatic heterocycles. The molecule has 1 heterocycles. The Kier molecular flexibility index (Phi) is 4.74. The summed E-state index contributed by atoms with van der Waals surface area (Å²) >= 11 is 0. The summed E-state index contributed by atoms with van der Waals surface area (Å²) in [5.74, 6) is -0.705. The highest BCUT2D eigenvalue weighted by Gasteiger charge is 2.22. The van der Waals surface area contributed by atoms with Gasteiger partial charge in [-0.05, 0) is 44.2 Å². The summed E-state index contributed by atoms with van der Waals surface area (Å²) in [6.45, 7) is 3.44. The number of aromatic nitrogens is 1. The van der Waals surface area contributed by atoms with E-state index < -0.39 is 21.4 Å². The Morgan fingerprint density at radius 3 is 2.61 bits per heavy atom. The van der Waals surface area contributed by atoms with E-state index >= 15 is 0 Å². The number of halogens is 1. The van der Waals surface area contributed by atoms with Gasteiger partial charge in [-0.2, -0.15) is 0 Å². The van der Waals surface area contributed by atoms with Crippen molar-refractivity contribution in [3.05, 3.63) is 52.7 Å². The van der Waals surface area contributed by atoms with E-state index in [4.69, 9.17) is 4.74 Å². The number of pyridine rings is 1. The second kappa shape index (κ2) is 6.41. The summed E-state index contributed by atoms with van der Waals surface area (Å²) in [5.41, 5.74) is -0.645. The average molecular weight is 340 g/mol. The third-order valence-corrected chi connectivity index (χ3v) is 4.31. The Bertz CT molecular complexity index is 875. The van der Waals surface area contributed by atoms with Gasteiger partial charge in [-0.15, -0.1) is 0 Å². The lowest BCUT2D eigenvalue weighted by atomic mass is 10.3. The molecule has 0 saturated carbocycles. The molecule has 1 N–H and O–H groups in total. The number of hydrogen-bond acceptors (Lipinski definition) is 4. The highest BCUT2D eigenvalue weighted by atomic mass is 32.2. The van der Waals surface area contributed by atoms with Crippen LogP contribution in [0.5, 0.6) is 5.75 Å². The standard InChI is InChI=1S/C15H17FN2O4S/c1-10(2)22-13-7-6-11(16)9-14(13)23(20,21)17-12-5-4-8-18(3)15(12)19/h4-10,17H,1-3H3. The van der Waals surface area contributed by atoms with Crippen LogP contribution >= 0.6 is 0 Å². The van der Waals surface area contributed by atoms with Crippen molar-refractivity contribution in [2.75, 3.05) is 4.72 Å². The lowest BCUT2D eigenvalue weighted by molar-refractivity contribution is 0.235. The van der Waals surface area contributed by atoms with Gasteiger partial charge in [0.05, 0.1) is 6.10 Å². The number of sulfonamides is 1. The molecule has 0 amide bonds. The van der Waals surface area contributed by atoms with E-state index in [0.717, 1.165) is 12.1 Å². The molecule has 124 valence electrons. The van der Waals surface area contributed by atoms with Crippen LogP contribution in [0.1, 0.15) is 13.8 Å². The molecule has 0 atom stereocenters. The summed E-state index contributed by atoms with van der Waals surface area (Å²) in [6.07, 6.45) is 1.20. The quantitative estimate of drug-likeness (QED) is 0.904. The molecule has 0 fully saturated rings. The van der Waals surface area contributed by atoms with E-state index in [9.17, 15) is 17.6 Å². The Morgan fingerprint density at radius 2 is 1.96 bits per heavy atom. The maximum atomic E-state index is 13.5. The van der Waals surface area contributed by atoms with Gasteiger partial charge in [0, 0.05) is 13.2 Å². The molecule has 0 bridgehead atoms. The normalized spacial score (nSPS) is 11.5. The third-order valence-electron chi connectivity index (χ3n) is 2.93. The van der Waals surface area contributed by atoms with Crippen molar-refractivity contribution in [3.8, 4) is 5.75 Å². The highest BCUT2D eigenvalue weighted by molar-refractivity contribution is 7.92. The van der Waals surface area contributed by atoms with Crippen LogP contribution in [0, 0.1) is 5.82 Å². The van der Waals surface area contributed by atoms with Crippen LogP contribution < -0.4 is 15.0 Å². The molecule has 1 aromatic heterocycles. The second-order valence-electron chi connectivity index (χ2n) is 5.20. The van der Waals surface area contributed by atoms with E-state index in [0.29, 0.717) is 0 Å². The number of nitrogens with zero attached hydrogens (tertiary/aromatic N) is 1. The summed E-state index contributed by atoms with van der Waals surface area (Å²) in [5, 5.41) is 0. The lowest BCUT2D eigenvalue weighted by Crippen LogP contribution is -2.24. The van der Waals surface area contributed by atoms with Crippen molar-refractivity contribution in [2.45, 2.75) is 24.8 Å². The molecule has 0 unspecified atom stereocenters. The average Bonchev–Trinajstić information content (AvgIpc) is 2.45. The number of ether oxygens (including phenoxy) is 1. The maximum Gasteiger partial charge on any atom is 0.274 e. The van der Waals surface area contributed by atoms with Crippen molar-refractivity contribution < 1.29 is 17.5 Å². The van der Waals surface area contributed by atoms with Gasteiger partial charge in [0.2, 0.25) is 0 Å². The summed E-state index contributed by atoms with van der Waals surface area (Å²) in [4.78, 5) is 11.6. The van der Waals surface area contributed by atoms with Crippen LogP contribution in [0.2, 0.25) is 0 Å². The number of benzene rings is 1. The summed E-state index contributed by atoms with van der Waals surface area (Å²) in [6, 6.07) is 6.07. The number of nitrogens with one attached hydrogen (secondary N) is 1. The van der Waals surface area contributed by atoms with Gasteiger partial charge in [-0.3, -0.25) is 9.52 Å². The van der Waals surface area contributed by atoms with Gasteiger partial charge < -0.3 is 9.30 Å². The van der Waals surface area contributed by atoms with Crippen molar-refractivity contribution in [3.63, 3.8) is 0 Å². The fourth-order valence-electron chi connectivity index (χ4n) is 1.92. The van der Waals surface area contributed by atoms with Crippen LogP contribution in [0.25, 0.3) is 0 Å². The van der Waals surface area contributed by atoms with Gasteiger partial charge in [-0.25, -0.2) is 12.8 Å². The van der Waals surface area contributed by atoms with Crippen molar-refractivity contribution in [1.82, 2.24) is 4.57 Å². The number of aryl methyl sites for hydroxylation is 1. The molecule has 2 aromatic rings. The smallest absolute Gasteiger partial charge is 0.274 e. The maximum absolute atomic E-state index is 13.5. The number of rotatable bonds is 5. The Morgan fingerprint density at radius 1 is 1.26 bits per heavy atom. The Labute approximate surface area is 133 Å². The molecule has 23 heavy (non-hydrogen) atoms. The first kappa shape index (κ1) is 17.0. The second-order valence-corrected chi connectivity index (χ2v) is 6.85. The van der Waals surface area contributed by atoms with Crippen LogP contribution in [0.3, 0.4) is 0 Å². The molecule has 0 radical (unpaired) electrons. The van der Waals surface area contributed by atoms with Crippen LogP contribution in [-0.4, -0.2) is 19.1 Å². The molecule has 6 nitrogen and oxygen atoms in total. The van der Waals surface area contributed by atoms with E-state index in [-0.39, 0.29) is 22.4 Å². The minimum Gasteiger partial charge on any atom is -0.490 e. The molecule has 2 rings (SSSR count). The monoisotopic (exact) mass is 340 g/mol. The van der Waals surface area contributed by atoms with Gasteiger partial charge in [0.25, 0.3) is 15.6 Å². The zero-order valence-corrected chi connectivity index (χ0v) is 13.7. The van der Waals surface area contributed by atoms with Crippen LogP contribution in [-0.2, 0) is 17.1 Å². The van der Waals surface area contributed by atoms with Gasteiger partial charge in [0.1, 0.15) is 22.1 Å². The van der Waals surface area contributed by atoms with Gasteiger partial charge >= 0.3 is 0 Å².